The topological polar surface area (TPSA) is 69.6 Å². The summed E-state index contributed by atoms with van der Waals surface area (Å²) in [6.45, 7) is 1.48. The minimum absolute atomic E-state index is 0.409. The van der Waals surface area contributed by atoms with Crippen molar-refractivity contribution in [2.24, 2.45) is 0 Å². The summed E-state index contributed by atoms with van der Waals surface area (Å²) in [4.78, 5) is 20.5. The lowest BCUT2D eigenvalue weighted by Crippen LogP contribution is -2.41. The highest BCUT2D eigenvalue weighted by atomic mass is 16.5. The molecule has 0 rings (SSSR count). The molecule has 0 heterocycles. The lowest BCUT2D eigenvalue weighted by atomic mass is 10.3. The summed E-state index contributed by atoms with van der Waals surface area (Å²) in [5.41, 5.74) is 0. The van der Waals surface area contributed by atoms with Crippen molar-refractivity contribution in [3.8, 4) is 0 Å². The summed E-state index contributed by atoms with van der Waals surface area (Å²) in [5, 5.41) is 11.2. The van der Waals surface area contributed by atoms with Gasteiger partial charge < -0.3 is 5.32 Å². The lowest BCUT2D eigenvalue weighted by Gasteiger charge is -2.13. The third-order valence-electron chi connectivity index (χ3n) is 1.01. The number of hydrogen-bond donors (Lipinski definition) is 2. The van der Waals surface area contributed by atoms with Crippen LogP contribution in [-0.4, -0.2) is 35.7 Å². The van der Waals surface area contributed by atoms with Gasteiger partial charge in [-0.2, -0.15) is 0 Å². The number of carbonyl (C=O) groups excluding carboxylic acids is 2. The van der Waals surface area contributed by atoms with Gasteiger partial charge in [-0.1, -0.05) is 0 Å². The molecule has 0 fully saturated rings. The van der Waals surface area contributed by atoms with E-state index in [2.05, 4.69) is 5.32 Å². The van der Waals surface area contributed by atoms with Crippen LogP contribution in [0.25, 0.3) is 0 Å². The molecule has 0 aromatic heterocycles. The Hall–Kier alpha value is -1.10. The molecule has 0 aliphatic heterocycles. The van der Waals surface area contributed by atoms with Crippen molar-refractivity contribution in [2.45, 2.75) is 13.0 Å². The van der Waals surface area contributed by atoms with Gasteiger partial charge in [0.05, 0.1) is 0 Å². The van der Waals surface area contributed by atoms with Gasteiger partial charge >= 0.3 is 0 Å². The van der Waals surface area contributed by atoms with Gasteiger partial charge in [0.25, 0.3) is 5.91 Å². The predicted octanol–water partition coefficient (Wildman–Crippen LogP) is -1.03. The van der Waals surface area contributed by atoms with E-state index < -0.39 is 11.9 Å². The number of carbonyl (C=O) groups is 2. The Kier molecular flexibility index (Phi) is 3.42. The van der Waals surface area contributed by atoms with Gasteiger partial charge in [-0.25, -0.2) is 5.06 Å². The number of amides is 2. The van der Waals surface area contributed by atoms with Crippen LogP contribution in [0.1, 0.15) is 6.92 Å². The smallest absolute Gasteiger partial charge is 0.267 e. The molecule has 0 aromatic carbocycles. The summed E-state index contributed by atoms with van der Waals surface area (Å²) in [7, 11) is 1.20. The van der Waals surface area contributed by atoms with Crippen LogP contribution in [0.5, 0.6) is 0 Å². The second kappa shape index (κ2) is 3.84. The number of nitrogens with one attached hydrogen (secondary N) is 1. The van der Waals surface area contributed by atoms with Crippen LogP contribution in [0.3, 0.4) is 0 Å². The van der Waals surface area contributed by atoms with Gasteiger partial charge in [0, 0.05) is 7.05 Å². The van der Waals surface area contributed by atoms with Crippen LogP contribution < -0.4 is 5.32 Å². The summed E-state index contributed by atoms with van der Waals surface area (Å²) in [6.07, 6.45) is 0.409. The average molecular weight is 146 g/mol. The van der Waals surface area contributed by atoms with Crippen molar-refractivity contribution in [3.63, 3.8) is 0 Å². The zero-order valence-electron chi connectivity index (χ0n) is 5.87. The number of hydroxylamine groups is 2. The van der Waals surface area contributed by atoms with Crippen LogP contribution in [0.4, 0.5) is 0 Å². The summed E-state index contributed by atoms with van der Waals surface area (Å²) < 4.78 is 0. The summed E-state index contributed by atoms with van der Waals surface area (Å²) in [5.74, 6) is -0.549. The Bertz CT molecular complexity index is 135. The first-order valence-electron chi connectivity index (χ1n) is 2.75. The normalized spacial score (nSPS) is 11.9. The van der Waals surface area contributed by atoms with Crippen molar-refractivity contribution in [1.29, 1.82) is 0 Å². The Labute approximate surface area is 58.6 Å². The fourth-order valence-corrected chi connectivity index (χ4v) is 0.454. The molecular weight excluding hydrogens is 136 g/mol. The van der Waals surface area contributed by atoms with E-state index in [4.69, 9.17) is 5.21 Å². The molecule has 0 saturated heterocycles. The number of rotatable bonds is 3. The van der Waals surface area contributed by atoms with E-state index in [1.165, 1.54) is 14.0 Å². The van der Waals surface area contributed by atoms with Crippen LogP contribution in [-0.2, 0) is 9.59 Å². The summed E-state index contributed by atoms with van der Waals surface area (Å²) in [6, 6.07) is -0.674. The van der Waals surface area contributed by atoms with Gasteiger partial charge in [0.15, 0.2) is 0 Å². The quantitative estimate of drug-likeness (QED) is 0.304. The number of hydrogen-bond acceptors (Lipinski definition) is 3. The molecule has 0 bridgehead atoms. The van der Waals surface area contributed by atoms with E-state index in [9.17, 15) is 9.59 Å². The van der Waals surface area contributed by atoms with Crippen molar-refractivity contribution in [2.75, 3.05) is 7.05 Å². The maximum Gasteiger partial charge on any atom is 0.267 e. The molecule has 0 saturated carbocycles. The molecule has 0 aromatic rings. The molecule has 5 heteroatoms. The van der Waals surface area contributed by atoms with Crippen molar-refractivity contribution >= 4 is 12.3 Å². The number of nitrogens with zero attached hydrogens (tertiary/aromatic N) is 1. The molecule has 58 valence electrons. The van der Waals surface area contributed by atoms with Gasteiger partial charge in [0.1, 0.15) is 6.04 Å². The molecule has 0 spiro atoms. The molecule has 1 unspecified atom stereocenters. The maximum absolute atomic E-state index is 10.7. The highest BCUT2D eigenvalue weighted by Crippen LogP contribution is 1.85. The third kappa shape index (κ3) is 2.45. The molecule has 0 aliphatic carbocycles. The van der Waals surface area contributed by atoms with Crippen molar-refractivity contribution < 1.29 is 14.8 Å². The maximum atomic E-state index is 10.7. The average Bonchev–Trinajstić information content (AvgIpc) is 1.87. The Morgan fingerprint density at radius 1 is 1.80 bits per heavy atom. The minimum Gasteiger partial charge on any atom is -0.347 e. The van der Waals surface area contributed by atoms with Crippen LogP contribution in [0.15, 0.2) is 0 Å². The highest BCUT2D eigenvalue weighted by Gasteiger charge is 2.13. The first kappa shape index (κ1) is 8.90. The first-order valence-corrected chi connectivity index (χ1v) is 2.75. The molecule has 1 atom stereocenters. The Morgan fingerprint density at radius 3 is 2.60 bits per heavy atom. The van der Waals surface area contributed by atoms with Crippen LogP contribution >= 0.6 is 0 Å². The van der Waals surface area contributed by atoms with E-state index >= 15 is 0 Å². The highest BCUT2D eigenvalue weighted by molar-refractivity contribution is 5.81. The minimum atomic E-state index is -0.674. The zero-order valence-corrected chi connectivity index (χ0v) is 5.87. The van der Waals surface area contributed by atoms with Gasteiger partial charge in [-0.3, -0.25) is 14.8 Å². The SMILES string of the molecule is CC(NC=O)C(=O)N(C)O. The molecular formula is C5H10N2O3. The molecule has 2 amide bonds. The van der Waals surface area contributed by atoms with Crippen LogP contribution in [0.2, 0.25) is 0 Å². The van der Waals surface area contributed by atoms with E-state index in [0.29, 0.717) is 11.5 Å². The lowest BCUT2D eigenvalue weighted by molar-refractivity contribution is -0.161. The van der Waals surface area contributed by atoms with E-state index in [1.807, 2.05) is 0 Å². The van der Waals surface area contributed by atoms with Crippen LogP contribution in [0, 0.1) is 0 Å². The number of likely N-dealkylation sites (N-methyl/N-ethyl adjacent to an activating group) is 1. The van der Waals surface area contributed by atoms with Gasteiger partial charge in [0.2, 0.25) is 6.41 Å². The van der Waals surface area contributed by atoms with E-state index in [1.54, 1.807) is 0 Å². The van der Waals surface area contributed by atoms with Gasteiger partial charge in [-0.15, -0.1) is 0 Å². The monoisotopic (exact) mass is 146 g/mol. The predicted molar refractivity (Wildman–Crippen MR) is 33.2 cm³/mol. The van der Waals surface area contributed by atoms with Gasteiger partial charge in [-0.05, 0) is 6.92 Å². The van der Waals surface area contributed by atoms with E-state index in [0.717, 1.165) is 0 Å². The Balaban J connectivity index is 3.81. The van der Waals surface area contributed by atoms with Crippen molar-refractivity contribution in [3.05, 3.63) is 0 Å². The molecule has 0 radical (unpaired) electrons. The second-order valence-corrected chi connectivity index (χ2v) is 1.87. The first-order chi connectivity index (χ1) is 4.59. The fourth-order valence-electron chi connectivity index (χ4n) is 0.454. The Morgan fingerprint density at radius 2 is 2.30 bits per heavy atom. The molecule has 10 heavy (non-hydrogen) atoms. The zero-order chi connectivity index (χ0) is 8.15. The molecule has 2 N–H and O–H groups in total. The standard InChI is InChI=1S/C5H10N2O3/c1-4(6-3-8)5(9)7(2)10/h3-4,10H,1-2H3,(H,6,8). The van der Waals surface area contributed by atoms with E-state index in [-0.39, 0.29) is 0 Å². The largest absolute Gasteiger partial charge is 0.347 e. The summed E-state index contributed by atoms with van der Waals surface area (Å²) >= 11 is 0. The second-order valence-electron chi connectivity index (χ2n) is 1.87. The third-order valence-corrected chi connectivity index (χ3v) is 1.01. The molecule has 0 aliphatic rings. The van der Waals surface area contributed by atoms with Crippen molar-refractivity contribution in [1.82, 2.24) is 10.4 Å². The fraction of sp³-hybridized carbons (Fsp3) is 0.600. The molecule has 5 nitrogen and oxygen atoms in total.